The van der Waals surface area contributed by atoms with Crippen molar-refractivity contribution in [3.8, 4) is 0 Å². The van der Waals surface area contributed by atoms with Gasteiger partial charge in [-0.2, -0.15) is 0 Å². The van der Waals surface area contributed by atoms with Gasteiger partial charge in [-0.3, -0.25) is 4.79 Å². The summed E-state index contributed by atoms with van der Waals surface area (Å²) in [6.07, 6.45) is 4.82. The molecule has 0 saturated carbocycles. The predicted molar refractivity (Wildman–Crippen MR) is 105 cm³/mol. The molecule has 0 bridgehead atoms. The molecule has 6 nitrogen and oxygen atoms in total. The van der Waals surface area contributed by atoms with Crippen molar-refractivity contribution in [3.63, 3.8) is 0 Å². The molecule has 2 fully saturated rings. The van der Waals surface area contributed by atoms with Crippen LogP contribution in [0.25, 0.3) is 0 Å². The Kier molecular flexibility index (Phi) is 7.10. The van der Waals surface area contributed by atoms with Gasteiger partial charge in [0.05, 0.1) is 6.04 Å². The molecule has 2 saturated heterocycles. The zero-order chi connectivity index (χ0) is 19.1. The number of carbonyl (C=O) groups excluding carboxylic acids is 1. The molecule has 0 radical (unpaired) electrons. The molecular formula is C21H31N3O3. The summed E-state index contributed by atoms with van der Waals surface area (Å²) in [6.45, 7) is 4.84. The number of hydrogen-bond donors (Lipinski definition) is 1. The summed E-state index contributed by atoms with van der Waals surface area (Å²) >= 11 is 0. The topological polar surface area (TPSA) is 64.1 Å². The molecule has 2 aliphatic rings. The smallest absolute Gasteiger partial charge is 0.407 e. The monoisotopic (exact) mass is 373 g/mol. The van der Waals surface area contributed by atoms with E-state index in [0.717, 1.165) is 31.6 Å². The maximum atomic E-state index is 12.6. The van der Waals surface area contributed by atoms with Gasteiger partial charge >= 0.3 is 6.09 Å². The summed E-state index contributed by atoms with van der Waals surface area (Å²) in [5.74, 6) is 0.0791. The minimum Gasteiger partial charge on any atom is -0.465 e. The summed E-state index contributed by atoms with van der Waals surface area (Å²) in [5, 5.41) is 9.62. The fourth-order valence-corrected chi connectivity index (χ4v) is 4.21. The highest BCUT2D eigenvalue weighted by Gasteiger charge is 2.31. The van der Waals surface area contributed by atoms with E-state index in [4.69, 9.17) is 0 Å². The van der Waals surface area contributed by atoms with E-state index in [1.165, 1.54) is 24.2 Å². The number of hydrogen-bond acceptors (Lipinski definition) is 3. The molecule has 3 rings (SSSR count). The Hall–Kier alpha value is -2.08. The summed E-state index contributed by atoms with van der Waals surface area (Å²) in [6, 6.07) is 9.76. The Morgan fingerprint density at radius 3 is 2.48 bits per heavy atom. The van der Waals surface area contributed by atoms with Crippen LogP contribution in [0, 0.1) is 0 Å². The molecule has 1 N–H and O–H groups in total. The van der Waals surface area contributed by atoms with E-state index in [2.05, 4.69) is 4.90 Å². The van der Waals surface area contributed by atoms with E-state index >= 15 is 0 Å². The van der Waals surface area contributed by atoms with Gasteiger partial charge < -0.3 is 19.8 Å². The molecule has 0 spiro atoms. The highest BCUT2D eigenvalue weighted by molar-refractivity contribution is 5.78. The molecule has 1 aromatic carbocycles. The zero-order valence-corrected chi connectivity index (χ0v) is 16.1. The normalized spacial score (nSPS) is 21.9. The van der Waals surface area contributed by atoms with Gasteiger partial charge in [-0.15, -0.1) is 0 Å². The van der Waals surface area contributed by atoms with Crippen molar-refractivity contribution in [2.45, 2.75) is 44.6 Å². The van der Waals surface area contributed by atoms with Crippen molar-refractivity contribution >= 4 is 12.0 Å². The average Bonchev–Trinajstić information content (AvgIpc) is 2.83. The summed E-state index contributed by atoms with van der Waals surface area (Å²) < 4.78 is 0. The first-order valence-corrected chi connectivity index (χ1v) is 10.2. The van der Waals surface area contributed by atoms with E-state index in [-0.39, 0.29) is 24.9 Å². The van der Waals surface area contributed by atoms with Crippen molar-refractivity contribution in [1.29, 1.82) is 0 Å². The minimum atomic E-state index is -0.932. The van der Waals surface area contributed by atoms with Crippen molar-refractivity contribution in [2.75, 3.05) is 39.3 Å². The van der Waals surface area contributed by atoms with Gasteiger partial charge in [0.15, 0.2) is 0 Å². The van der Waals surface area contributed by atoms with E-state index < -0.39 is 6.09 Å². The molecule has 148 valence electrons. The van der Waals surface area contributed by atoms with Gasteiger partial charge in [-0.1, -0.05) is 36.8 Å². The van der Waals surface area contributed by atoms with Crippen LogP contribution in [0.4, 0.5) is 4.79 Å². The first kappa shape index (κ1) is 19.7. The van der Waals surface area contributed by atoms with E-state index in [0.29, 0.717) is 19.5 Å². The highest BCUT2D eigenvalue weighted by Crippen LogP contribution is 2.17. The molecule has 0 aliphatic carbocycles. The molecule has 0 aromatic heterocycles. The van der Waals surface area contributed by atoms with Gasteiger partial charge in [-0.25, -0.2) is 4.79 Å². The van der Waals surface area contributed by atoms with Gasteiger partial charge in [0, 0.05) is 26.1 Å². The Labute approximate surface area is 161 Å². The van der Waals surface area contributed by atoms with Crippen LogP contribution >= 0.6 is 0 Å². The first-order chi connectivity index (χ1) is 13.1. The molecule has 0 unspecified atom stereocenters. The van der Waals surface area contributed by atoms with E-state index in [9.17, 15) is 14.7 Å². The fraction of sp³-hybridized carbons (Fsp3) is 0.619. The Balaban J connectivity index is 1.61. The lowest BCUT2D eigenvalue weighted by Gasteiger charge is -2.31. The second-order valence-electron chi connectivity index (χ2n) is 7.67. The third-order valence-electron chi connectivity index (χ3n) is 5.70. The SMILES string of the molecule is O=C1CCN(C(=O)O)[C@H](Cc2ccccc2)CN1CCCN1CCCCC1. The molecule has 1 aromatic rings. The summed E-state index contributed by atoms with van der Waals surface area (Å²) in [7, 11) is 0. The molecule has 2 amide bonds. The first-order valence-electron chi connectivity index (χ1n) is 10.2. The second kappa shape index (κ2) is 9.74. The Morgan fingerprint density at radius 1 is 1.04 bits per heavy atom. The number of likely N-dealkylation sites (tertiary alicyclic amines) is 1. The van der Waals surface area contributed by atoms with Crippen LogP contribution in [0.5, 0.6) is 0 Å². The molecule has 2 heterocycles. The lowest BCUT2D eigenvalue weighted by molar-refractivity contribution is -0.130. The standard InChI is InChI=1S/C21H31N3O3/c25-20-10-15-24(21(26)27)19(16-18-8-3-1-4-9-18)17-23(20)14-7-13-22-11-5-2-6-12-22/h1,3-4,8-9,19H,2,5-7,10-17H2,(H,26,27)/t19-/m1/s1. The second-order valence-corrected chi connectivity index (χ2v) is 7.67. The molecule has 6 heteroatoms. The zero-order valence-electron chi connectivity index (χ0n) is 16.1. The lowest BCUT2D eigenvalue weighted by atomic mass is 10.0. The molecule has 1 atom stereocenters. The van der Waals surface area contributed by atoms with E-state index in [1.54, 1.807) is 0 Å². The maximum Gasteiger partial charge on any atom is 0.407 e. The van der Waals surface area contributed by atoms with Gasteiger partial charge in [0.1, 0.15) is 0 Å². The third-order valence-corrected chi connectivity index (χ3v) is 5.70. The fourth-order valence-electron chi connectivity index (χ4n) is 4.21. The van der Waals surface area contributed by atoms with Gasteiger partial charge in [-0.05, 0) is 50.9 Å². The quantitative estimate of drug-likeness (QED) is 0.833. The Bertz CT molecular complexity index is 616. The van der Waals surface area contributed by atoms with Crippen molar-refractivity contribution in [2.24, 2.45) is 0 Å². The van der Waals surface area contributed by atoms with Crippen molar-refractivity contribution in [3.05, 3.63) is 35.9 Å². The molecule has 2 aliphatic heterocycles. The largest absolute Gasteiger partial charge is 0.465 e. The highest BCUT2D eigenvalue weighted by atomic mass is 16.4. The predicted octanol–water partition coefficient (Wildman–Crippen LogP) is 2.69. The number of carbonyl (C=O) groups is 2. The van der Waals surface area contributed by atoms with Crippen LogP contribution in [0.15, 0.2) is 30.3 Å². The van der Waals surface area contributed by atoms with Gasteiger partial charge in [0.25, 0.3) is 0 Å². The van der Waals surface area contributed by atoms with Gasteiger partial charge in [0.2, 0.25) is 5.91 Å². The number of carboxylic acid groups (broad SMARTS) is 1. The number of rotatable bonds is 6. The van der Waals surface area contributed by atoms with Crippen LogP contribution in [-0.4, -0.2) is 77.1 Å². The van der Waals surface area contributed by atoms with Crippen LogP contribution in [0.2, 0.25) is 0 Å². The summed E-state index contributed by atoms with van der Waals surface area (Å²) in [5.41, 5.74) is 1.11. The van der Waals surface area contributed by atoms with Crippen molar-refractivity contribution < 1.29 is 14.7 Å². The van der Waals surface area contributed by atoms with Crippen LogP contribution < -0.4 is 0 Å². The lowest BCUT2D eigenvalue weighted by Crippen LogP contribution is -2.46. The van der Waals surface area contributed by atoms with Crippen LogP contribution in [-0.2, 0) is 11.2 Å². The maximum absolute atomic E-state index is 12.6. The number of benzene rings is 1. The van der Waals surface area contributed by atoms with E-state index in [1.807, 2.05) is 35.2 Å². The summed E-state index contributed by atoms with van der Waals surface area (Å²) in [4.78, 5) is 30.1. The number of piperidine rings is 1. The molecule has 27 heavy (non-hydrogen) atoms. The van der Waals surface area contributed by atoms with Crippen LogP contribution in [0.1, 0.15) is 37.7 Å². The number of nitrogens with zero attached hydrogens (tertiary/aromatic N) is 3. The Morgan fingerprint density at radius 2 is 1.78 bits per heavy atom. The average molecular weight is 373 g/mol. The van der Waals surface area contributed by atoms with Crippen LogP contribution in [0.3, 0.4) is 0 Å². The number of amides is 2. The van der Waals surface area contributed by atoms with Crippen molar-refractivity contribution in [1.82, 2.24) is 14.7 Å². The minimum absolute atomic E-state index is 0.0791. The molecular weight excluding hydrogens is 342 g/mol. The third kappa shape index (κ3) is 5.70.